The Morgan fingerprint density at radius 3 is 2.18 bits per heavy atom. The van der Waals surface area contributed by atoms with E-state index in [2.05, 4.69) is 115 Å². The van der Waals surface area contributed by atoms with E-state index in [0.29, 0.717) is 0 Å². The third-order valence-corrected chi connectivity index (χ3v) is 5.39. The summed E-state index contributed by atoms with van der Waals surface area (Å²) in [5.41, 5.74) is 8.35. The Bertz CT molecular complexity index is 1320. The van der Waals surface area contributed by atoms with Gasteiger partial charge >= 0.3 is 0 Å². The summed E-state index contributed by atoms with van der Waals surface area (Å²) in [5.74, 6) is 0. The lowest BCUT2D eigenvalue weighted by molar-refractivity contribution is 1.18. The highest BCUT2D eigenvalue weighted by molar-refractivity contribution is 6.10. The molecule has 0 fully saturated rings. The molecule has 5 rings (SSSR count). The van der Waals surface area contributed by atoms with Gasteiger partial charge in [0.15, 0.2) is 0 Å². The van der Waals surface area contributed by atoms with Gasteiger partial charge in [0.2, 0.25) is 0 Å². The predicted molar refractivity (Wildman–Crippen MR) is 121 cm³/mol. The average molecular weight is 359 g/mol. The van der Waals surface area contributed by atoms with Crippen molar-refractivity contribution < 1.29 is 0 Å². The van der Waals surface area contributed by atoms with Gasteiger partial charge in [-0.05, 0) is 47.9 Å². The van der Waals surface area contributed by atoms with E-state index in [1.807, 2.05) is 0 Å². The van der Waals surface area contributed by atoms with Crippen molar-refractivity contribution in [3.8, 4) is 16.8 Å². The first-order valence-electron chi connectivity index (χ1n) is 9.58. The molecule has 0 amide bonds. The van der Waals surface area contributed by atoms with Gasteiger partial charge in [0.05, 0.1) is 11.0 Å². The molecule has 1 heteroatoms. The smallest absolute Gasteiger partial charge is 0.0547 e. The first-order valence-corrected chi connectivity index (χ1v) is 9.58. The molecule has 28 heavy (non-hydrogen) atoms. The number of para-hydroxylation sites is 2. The van der Waals surface area contributed by atoms with Gasteiger partial charge in [0.1, 0.15) is 0 Å². The van der Waals surface area contributed by atoms with Gasteiger partial charge in [-0.15, -0.1) is 0 Å². The maximum atomic E-state index is 4.17. The number of rotatable bonds is 3. The topological polar surface area (TPSA) is 4.93 Å². The zero-order valence-corrected chi connectivity index (χ0v) is 15.9. The number of allylic oxidation sites excluding steroid dienone is 1. The van der Waals surface area contributed by atoms with Crippen molar-refractivity contribution in [1.29, 1.82) is 0 Å². The number of fused-ring (bicyclic) bond motifs is 3. The molecule has 4 aromatic carbocycles. The van der Waals surface area contributed by atoms with E-state index in [4.69, 9.17) is 0 Å². The summed E-state index contributed by atoms with van der Waals surface area (Å²) in [6, 6.07) is 34.5. The molecule has 0 N–H and O–H groups in total. The first-order chi connectivity index (χ1) is 13.7. The Labute approximate surface area is 165 Å². The minimum atomic E-state index is 1.08. The fourth-order valence-corrected chi connectivity index (χ4v) is 4.10. The molecule has 1 aromatic heterocycles. The normalized spacial score (nSPS) is 11.2. The molecule has 0 aliphatic heterocycles. The quantitative estimate of drug-likeness (QED) is 0.314. The van der Waals surface area contributed by atoms with Crippen molar-refractivity contribution in [3.05, 3.63) is 109 Å². The van der Waals surface area contributed by atoms with Crippen LogP contribution in [0.3, 0.4) is 0 Å². The summed E-state index contributed by atoms with van der Waals surface area (Å²) in [7, 11) is 0. The van der Waals surface area contributed by atoms with E-state index < -0.39 is 0 Å². The van der Waals surface area contributed by atoms with Crippen LogP contribution in [0.25, 0.3) is 44.2 Å². The lowest BCUT2D eigenvalue weighted by Crippen LogP contribution is -1.93. The van der Waals surface area contributed by atoms with Gasteiger partial charge in [0, 0.05) is 16.5 Å². The van der Waals surface area contributed by atoms with E-state index in [9.17, 15) is 0 Å². The minimum Gasteiger partial charge on any atom is -0.309 e. The fraction of sp³-hybridized carbons (Fsp3) is 0.0370. The number of benzene rings is 4. The average Bonchev–Trinajstić information content (AvgIpc) is 3.08. The lowest BCUT2D eigenvalue weighted by Gasteiger charge is -2.11. The van der Waals surface area contributed by atoms with Crippen LogP contribution < -0.4 is 0 Å². The molecule has 0 aliphatic carbocycles. The van der Waals surface area contributed by atoms with Crippen LogP contribution in [0.5, 0.6) is 0 Å². The number of hydrogen-bond donors (Lipinski definition) is 0. The van der Waals surface area contributed by atoms with Crippen LogP contribution in [0.15, 0.2) is 104 Å². The van der Waals surface area contributed by atoms with E-state index >= 15 is 0 Å². The Morgan fingerprint density at radius 1 is 0.679 bits per heavy atom. The highest BCUT2D eigenvalue weighted by Crippen LogP contribution is 2.36. The Hall–Kier alpha value is -3.58. The second kappa shape index (κ2) is 6.54. The lowest BCUT2D eigenvalue weighted by atomic mass is 9.95. The Morgan fingerprint density at radius 2 is 1.36 bits per heavy atom. The maximum absolute atomic E-state index is 4.17. The van der Waals surface area contributed by atoms with Gasteiger partial charge in [-0.2, -0.15) is 0 Å². The van der Waals surface area contributed by atoms with Gasteiger partial charge in [-0.1, -0.05) is 84.9 Å². The zero-order chi connectivity index (χ0) is 19.1. The van der Waals surface area contributed by atoms with Crippen LogP contribution in [-0.2, 0) is 0 Å². The van der Waals surface area contributed by atoms with Crippen LogP contribution in [0.1, 0.15) is 12.5 Å². The standard InChI is InChI=1S/C27H21N/c1-19(2)22-12-6-7-13-23(22)20-16-17-25-24-14-8-9-15-26(24)28(27(25)18-20)21-10-4-3-5-11-21/h3-18H,1H2,2H3. The van der Waals surface area contributed by atoms with Crippen molar-refractivity contribution in [2.75, 3.05) is 0 Å². The van der Waals surface area contributed by atoms with Crippen LogP contribution in [0, 0.1) is 0 Å². The summed E-state index contributed by atoms with van der Waals surface area (Å²) in [6.45, 7) is 6.24. The fourth-order valence-electron chi connectivity index (χ4n) is 4.10. The molecule has 0 unspecified atom stereocenters. The molecular formula is C27H21N. The van der Waals surface area contributed by atoms with Gasteiger partial charge in [-0.25, -0.2) is 0 Å². The molecule has 1 nitrogen and oxygen atoms in total. The molecule has 0 bridgehead atoms. The second-order valence-corrected chi connectivity index (χ2v) is 7.25. The van der Waals surface area contributed by atoms with E-state index in [0.717, 1.165) is 5.57 Å². The van der Waals surface area contributed by atoms with Crippen LogP contribution >= 0.6 is 0 Å². The molecule has 0 saturated carbocycles. The van der Waals surface area contributed by atoms with E-state index in [-0.39, 0.29) is 0 Å². The summed E-state index contributed by atoms with van der Waals surface area (Å²) < 4.78 is 2.36. The van der Waals surface area contributed by atoms with Crippen molar-refractivity contribution in [3.63, 3.8) is 0 Å². The molecular weight excluding hydrogens is 338 g/mol. The SMILES string of the molecule is C=C(C)c1ccccc1-c1ccc2c3ccccc3n(-c3ccccc3)c2c1. The summed E-state index contributed by atoms with van der Waals surface area (Å²) >= 11 is 0. The van der Waals surface area contributed by atoms with Crippen LogP contribution in [-0.4, -0.2) is 4.57 Å². The molecule has 0 saturated heterocycles. The third kappa shape index (κ3) is 2.56. The summed E-state index contributed by atoms with van der Waals surface area (Å²) in [6.07, 6.45) is 0. The second-order valence-electron chi connectivity index (χ2n) is 7.25. The monoisotopic (exact) mass is 359 g/mol. The molecule has 0 spiro atoms. The first kappa shape index (κ1) is 16.6. The van der Waals surface area contributed by atoms with Gasteiger partial charge in [0.25, 0.3) is 0 Å². The van der Waals surface area contributed by atoms with E-state index in [1.54, 1.807) is 0 Å². The van der Waals surface area contributed by atoms with Crippen LogP contribution in [0.2, 0.25) is 0 Å². The Kier molecular flexibility index (Phi) is 3.87. The predicted octanol–water partition coefficient (Wildman–Crippen LogP) is 7.48. The van der Waals surface area contributed by atoms with Crippen molar-refractivity contribution in [2.45, 2.75) is 6.92 Å². The number of nitrogens with zero attached hydrogens (tertiary/aromatic N) is 1. The van der Waals surface area contributed by atoms with Crippen LogP contribution in [0.4, 0.5) is 0 Å². The zero-order valence-electron chi connectivity index (χ0n) is 15.9. The maximum Gasteiger partial charge on any atom is 0.0547 e. The molecule has 0 atom stereocenters. The van der Waals surface area contributed by atoms with E-state index in [1.165, 1.54) is 44.2 Å². The van der Waals surface area contributed by atoms with Crippen molar-refractivity contribution >= 4 is 27.4 Å². The van der Waals surface area contributed by atoms with Gasteiger partial charge in [-0.3, -0.25) is 0 Å². The van der Waals surface area contributed by atoms with Gasteiger partial charge < -0.3 is 4.57 Å². The van der Waals surface area contributed by atoms with Crippen molar-refractivity contribution in [2.24, 2.45) is 0 Å². The van der Waals surface area contributed by atoms with Crippen molar-refractivity contribution in [1.82, 2.24) is 4.57 Å². The summed E-state index contributed by atoms with van der Waals surface area (Å²) in [4.78, 5) is 0. The Balaban J connectivity index is 1.86. The molecule has 1 heterocycles. The molecule has 134 valence electrons. The number of aromatic nitrogens is 1. The largest absolute Gasteiger partial charge is 0.309 e. The molecule has 0 aliphatic rings. The molecule has 0 radical (unpaired) electrons. The highest BCUT2D eigenvalue weighted by atomic mass is 15.0. The number of hydrogen-bond acceptors (Lipinski definition) is 0. The highest BCUT2D eigenvalue weighted by Gasteiger charge is 2.13. The minimum absolute atomic E-state index is 1.08. The molecule has 5 aromatic rings. The summed E-state index contributed by atoms with van der Waals surface area (Å²) in [5, 5.41) is 2.55. The third-order valence-electron chi connectivity index (χ3n) is 5.39.